The van der Waals surface area contributed by atoms with E-state index in [1.165, 1.54) is 23.1 Å². The molecule has 0 aliphatic rings. The fourth-order valence-corrected chi connectivity index (χ4v) is 5.59. The summed E-state index contributed by atoms with van der Waals surface area (Å²) < 4.78 is 29.3. The Morgan fingerprint density at radius 2 is 1.63 bits per heavy atom. The standard InChI is InChI=1S/C28H31BrClN3O4S/c1-4-20(2)31-28(35)21(3)32(18-22-13-15-23(29)16-14-22)27(34)19-33(25-10-8-9-24(30)17-25)38(36,37)26-11-6-5-7-12-26/h5-17,20-21H,4,18-19H2,1-3H3,(H,31,35)/t20-,21+/m0/s1. The van der Waals surface area contributed by atoms with Gasteiger partial charge in [0.25, 0.3) is 10.0 Å². The Hall–Kier alpha value is -2.88. The average molecular weight is 621 g/mol. The molecule has 1 N–H and O–H groups in total. The summed E-state index contributed by atoms with van der Waals surface area (Å²) in [6.45, 7) is 5.09. The van der Waals surface area contributed by atoms with Crippen LogP contribution in [0.25, 0.3) is 0 Å². The van der Waals surface area contributed by atoms with Crippen molar-refractivity contribution < 1.29 is 18.0 Å². The summed E-state index contributed by atoms with van der Waals surface area (Å²) in [6.07, 6.45) is 0.733. The van der Waals surface area contributed by atoms with E-state index in [9.17, 15) is 18.0 Å². The zero-order valence-corrected chi connectivity index (χ0v) is 24.6. The molecule has 38 heavy (non-hydrogen) atoms. The number of benzene rings is 3. The van der Waals surface area contributed by atoms with Crippen LogP contribution in [-0.4, -0.2) is 43.8 Å². The summed E-state index contributed by atoms with van der Waals surface area (Å²) in [5.74, 6) is -0.843. The summed E-state index contributed by atoms with van der Waals surface area (Å²) in [6, 6.07) is 20.7. The molecule has 2 amide bonds. The summed E-state index contributed by atoms with van der Waals surface area (Å²) in [7, 11) is -4.13. The zero-order chi connectivity index (χ0) is 27.9. The van der Waals surface area contributed by atoms with Gasteiger partial charge in [0.05, 0.1) is 10.6 Å². The molecule has 0 spiro atoms. The highest BCUT2D eigenvalue weighted by Crippen LogP contribution is 2.27. The highest BCUT2D eigenvalue weighted by molar-refractivity contribution is 9.10. The lowest BCUT2D eigenvalue weighted by molar-refractivity contribution is -0.139. The van der Waals surface area contributed by atoms with Crippen LogP contribution in [-0.2, 0) is 26.2 Å². The number of nitrogens with zero attached hydrogens (tertiary/aromatic N) is 2. The first-order valence-corrected chi connectivity index (χ1v) is 14.8. The number of carbonyl (C=O) groups is 2. The first-order valence-electron chi connectivity index (χ1n) is 12.2. The van der Waals surface area contributed by atoms with Crippen LogP contribution in [0.4, 0.5) is 5.69 Å². The summed E-state index contributed by atoms with van der Waals surface area (Å²) >= 11 is 9.59. The first kappa shape index (κ1) is 29.7. The fourth-order valence-electron chi connectivity index (χ4n) is 3.71. The van der Waals surface area contributed by atoms with Gasteiger partial charge in [-0.25, -0.2) is 8.42 Å². The maximum absolute atomic E-state index is 13.9. The number of halogens is 2. The van der Waals surface area contributed by atoms with Gasteiger partial charge < -0.3 is 10.2 Å². The molecule has 0 heterocycles. The quantitative estimate of drug-likeness (QED) is 0.301. The largest absolute Gasteiger partial charge is 0.352 e. The van der Waals surface area contributed by atoms with Crippen LogP contribution in [0.3, 0.4) is 0 Å². The maximum Gasteiger partial charge on any atom is 0.264 e. The number of hydrogen-bond acceptors (Lipinski definition) is 4. The van der Waals surface area contributed by atoms with Crippen molar-refractivity contribution in [3.05, 3.63) is 93.9 Å². The topological polar surface area (TPSA) is 86.8 Å². The number of rotatable bonds is 11. The smallest absolute Gasteiger partial charge is 0.264 e. The molecular formula is C28H31BrClN3O4S. The number of amides is 2. The van der Waals surface area contributed by atoms with E-state index >= 15 is 0 Å². The van der Waals surface area contributed by atoms with E-state index in [0.29, 0.717) is 5.02 Å². The van der Waals surface area contributed by atoms with E-state index in [-0.39, 0.29) is 29.1 Å². The molecule has 0 radical (unpaired) electrons. The van der Waals surface area contributed by atoms with Gasteiger partial charge in [-0.2, -0.15) is 0 Å². The lowest BCUT2D eigenvalue weighted by atomic mass is 10.1. The van der Waals surface area contributed by atoms with Gasteiger partial charge >= 0.3 is 0 Å². The Kier molecular flexibility index (Phi) is 10.4. The Balaban J connectivity index is 2.01. The molecule has 0 aliphatic carbocycles. The number of nitrogens with one attached hydrogen (secondary N) is 1. The van der Waals surface area contributed by atoms with Crippen molar-refractivity contribution in [1.29, 1.82) is 0 Å². The molecule has 2 atom stereocenters. The third-order valence-electron chi connectivity index (χ3n) is 6.14. The average Bonchev–Trinajstić information content (AvgIpc) is 2.91. The van der Waals surface area contributed by atoms with Gasteiger partial charge in [-0.1, -0.05) is 70.9 Å². The van der Waals surface area contributed by atoms with Crippen LogP contribution in [0, 0.1) is 0 Å². The molecule has 202 valence electrons. The van der Waals surface area contributed by atoms with Crippen LogP contribution in [0.1, 0.15) is 32.8 Å². The van der Waals surface area contributed by atoms with Crippen molar-refractivity contribution in [3.63, 3.8) is 0 Å². The Morgan fingerprint density at radius 3 is 2.24 bits per heavy atom. The van der Waals surface area contributed by atoms with Crippen LogP contribution in [0.5, 0.6) is 0 Å². The van der Waals surface area contributed by atoms with Gasteiger partial charge in [0.2, 0.25) is 11.8 Å². The molecule has 7 nitrogen and oxygen atoms in total. The summed E-state index contributed by atoms with van der Waals surface area (Å²) in [5.41, 5.74) is 1.04. The van der Waals surface area contributed by atoms with Crippen LogP contribution in [0.15, 0.2) is 88.2 Å². The summed E-state index contributed by atoms with van der Waals surface area (Å²) in [4.78, 5) is 28.4. The number of carbonyl (C=O) groups excluding carboxylic acids is 2. The minimum Gasteiger partial charge on any atom is -0.352 e. The van der Waals surface area contributed by atoms with Crippen molar-refractivity contribution in [2.24, 2.45) is 0 Å². The fraction of sp³-hybridized carbons (Fsp3) is 0.286. The summed E-state index contributed by atoms with van der Waals surface area (Å²) in [5, 5.41) is 3.25. The number of sulfonamides is 1. The minimum absolute atomic E-state index is 0.0368. The highest BCUT2D eigenvalue weighted by atomic mass is 79.9. The van der Waals surface area contributed by atoms with Gasteiger partial charge in [-0.15, -0.1) is 0 Å². The number of anilines is 1. The Bertz CT molecular complexity index is 1350. The predicted octanol–water partition coefficient (Wildman–Crippen LogP) is 5.63. The number of hydrogen-bond donors (Lipinski definition) is 1. The Labute approximate surface area is 238 Å². The lowest BCUT2D eigenvalue weighted by Gasteiger charge is -2.32. The van der Waals surface area contributed by atoms with Gasteiger partial charge in [-0.05, 0) is 68.3 Å². The van der Waals surface area contributed by atoms with Crippen molar-refractivity contribution in [2.45, 2.75) is 50.7 Å². The van der Waals surface area contributed by atoms with E-state index in [1.54, 1.807) is 43.3 Å². The first-order chi connectivity index (χ1) is 18.0. The zero-order valence-electron chi connectivity index (χ0n) is 21.5. The normalized spacial score (nSPS) is 12.9. The van der Waals surface area contributed by atoms with Crippen LogP contribution >= 0.6 is 27.5 Å². The minimum atomic E-state index is -4.13. The van der Waals surface area contributed by atoms with E-state index in [4.69, 9.17) is 11.6 Å². The lowest BCUT2D eigenvalue weighted by Crippen LogP contribution is -2.52. The van der Waals surface area contributed by atoms with Gasteiger partial charge in [-0.3, -0.25) is 13.9 Å². The van der Waals surface area contributed by atoms with Gasteiger partial charge in [0.15, 0.2) is 0 Å². The van der Waals surface area contributed by atoms with Gasteiger partial charge in [0, 0.05) is 22.1 Å². The van der Waals surface area contributed by atoms with Gasteiger partial charge in [0.1, 0.15) is 12.6 Å². The van der Waals surface area contributed by atoms with Crippen molar-refractivity contribution >= 4 is 55.1 Å². The third-order valence-corrected chi connectivity index (χ3v) is 8.69. The predicted molar refractivity (Wildman–Crippen MR) is 154 cm³/mol. The maximum atomic E-state index is 13.9. The molecule has 3 rings (SSSR count). The second kappa shape index (κ2) is 13.3. The van der Waals surface area contributed by atoms with E-state index < -0.39 is 28.5 Å². The molecule has 0 fully saturated rings. The molecule has 0 saturated heterocycles. The molecule has 10 heteroatoms. The molecule has 0 bridgehead atoms. The SMILES string of the molecule is CC[C@H](C)NC(=O)[C@@H](C)N(Cc1ccc(Br)cc1)C(=O)CN(c1cccc(Cl)c1)S(=O)(=O)c1ccccc1. The molecule has 0 unspecified atom stereocenters. The molecule has 0 aromatic heterocycles. The van der Waals surface area contributed by atoms with E-state index in [1.807, 2.05) is 38.1 Å². The molecule has 3 aromatic carbocycles. The molecular weight excluding hydrogens is 590 g/mol. The van der Waals surface area contributed by atoms with Crippen molar-refractivity contribution in [2.75, 3.05) is 10.8 Å². The van der Waals surface area contributed by atoms with Crippen molar-refractivity contribution in [3.8, 4) is 0 Å². The second-order valence-corrected chi connectivity index (χ2v) is 12.2. The van der Waals surface area contributed by atoms with Crippen LogP contribution < -0.4 is 9.62 Å². The molecule has 0 aliphatic heterocycles. The van der Waals surface area contributed by atoms with E-state index in [2.05, 4.69) is 21.2 Å². The van der Waals surface area contributed by atoms with Crippen molar-refractivity contribution in [1.82, 2.24) is 10.2 Å². The van der Waals surface area contributed by atoms with E-state index in [0.717, 1.165) is 20.8 Å². The molecule has 0 saturated carbocycles. The molecule has 3 aromatic rings. The second-order valence-electron chi connectivity index (χ2n) is 8.95. The highest BCUT2D eigenvalue weighted by Gasteiger charge is 2.32. The Morgan fingerprint density at radius 1 is 0.974 bits per heavy atom. The van der Waals surface area contributed by atoms with Crippen LogP contribution in [0.2, 0.25) is 5.02 Å². The monoisotopic (exact) mass is 619 g/mol. The third kappa shape index (κ3) is 7.58.